The molecule has 2 amide bonds. The number of carboxylic acid groups (broad SMARTS) is 1. The van der Waals surface area contributed by atoms with Gasteiger partial charge in [0.1, 0.15) is 24.4 Å². The summed E-state index contributed by atoms with van der Waals surface area (Å²) in [6.45, 7) is 16.9. The molecule has 0 aromatic rings. The van der Waals surface area contributed by atoms with Crippen molar-refractivity contribution in [1.82, 2.24) is 10.6 Å². The van der Waals surface area contributed by atoms with E-state index in [-0.39, 0.29) is 51.2 Å². The van der Waals surface area contributed by atoms with Gasteiger partial charge in [-0.25, -0.2) is 4.79 Å². The van der Waals surface area contributed by atoms with Crippen LogP contribution in [0.4, 0.5) is 0 Å². The van der Waals surface area contributed by atoms with Crippen molar-refractivity contribution < 1.29 is 44.7 Å². The normalized spacial score (nSPS) is 47.3. The van der Waals surface area contributed by atoms with Gasteiger partial charge in [-0.2, -0.15) is 0 Å². The topological polar surface area (TPSA) is 186 Å². The number of ether oxygens (including phenoxy) is 1. The monoisotopic (exact) mass is 730 g/mol. The zero-order valence-electron chi connectivity index (χ0n) is 32.5. The summed E-state index contributed by atoms with van der Waals surface area (Å²) in [5.41, 5.74) is 1.17. The zero-order chi connectivity index (χ0) is 38.2. The van der Waals surface area contributed by atoms with Gasteiger partial charge in [-0.1, -0.05) is 53.2 Å². The first-order valence-corrected chi connectivity index (χ1v) is 20.1. The van der Waals surface area contributed by atoms with Crippen LogP contribution in [0.15, 0.2) is 11.6 Å². The Morgan fingerprint density at radius 3 is 2.25 bits per heavy atom. The van der Waals surface area contributed by atoms with Crippen LogP contribution < -0.4 is 10.6 Å². The molecule has 1 heterocycles. The summed E-state index contributed by atoms with van der Waals surface area (Å²) in [6.07, 6.45) is 3.15. The molecule has 294 valence electrons. The van der Waals surface area contributed by atoms with Gasteiger partial charge in [-0.3, -0.25) is 9.59 Å². The number of carboxylic acids is 1. The van der Waals surface area contributed by atoms with E-state index in [1.807, 2.05) is 0 Å². The van der Waals surface area contributed by atoms with Crippen molar-refractivity contribution >= 4 is 17.8 Å². The molecule has 5 aliphatic carbocycles. The fourth-order valence-corrected chi connectivity index (χ4v) is 13.2. The van der Waals surface area contributed by atoms with Crippen molar-refractivity contribution in [3.8, 4) is 0 Å². The van der Waals surface area contributed by atoms with E-state index in [1.165, 1.54) is 12.5 Å². The van der Waals surface area contributed by atoms with E-state index in [0.29, 0.717) is 37.8 Å². The van der Waals surface area contributed by atoms with Gasteiger partial charge < -0.3 is 40.9 Å². The third kappa shape index (κ3) is 6.16. The molecule has 0 spiro atoms. The lowest BCUT2D eigenvalue weighted by Crippen LogP contribution is -2.66. The van der Waals surface area contributed by atoms with Crippen LogP contribution >= 0.6 is 0 Å². The van der Waals surface area contributed by atoms with E-state index < -0.39 is 48.0 Å². The second-order valence-corrected chi connectivity index (χ2v) is 19.4. The van der Waals surface area contributed by atoms with Crippen LogP contribution in [0.2, 0.25) is 0 Å². The minimum absolute atomic E-state index is 0.00925. The molecule has 6 rings (SSSR count). The Kier molecular flexibility index (Phi) is 10.6. The molecule has 6 aliphatic rings. The van der Waals surface area contributed by atoms with Gasteiger partial charge in [-0.05, 0) is 122 Å². The number of rotatable bonds is 8. The smallest absolute Gasteiger partial charge is 0.335 e. The van der Waals surface area contributed by atoms with Crippen LogP contribution in [0.3, 0.4) is 0 Å². The van der Waals surface area contributed by atoms with Crippen molar-refractivity contribution in [2.24, 2.45) is 56.7 Å². The Labute approximate surface area is 309 Å². The lowest BCUT2D eigenvalue weighted by molar-refractivity contribution is -0.256. The van der Waals surface area contributed by atoms with Crippen molar-refractivity contribution in [3.63, 3.8) is 0 Å². The van der Waals surface area contributed by atoms with Crippen LogP contribution in [0.25, 0.3) is 0 Å². The molecule has 7 N–H and O–H groups in total. The van der Waals surface area contributed by atoms with Gasteiger partial charge in [0.2, 0.25) is 11.8 Å². The lowest BCUT2D eigenvalue weighted by Gasteiger charge is -2.70. The van der Waals surface area contributed by atoms with Crippen LogP contribution in [0.5, 0.6) is 0 Å². The fraction of sp³-hybridized carbons (Fsp3) is 0.878. The molecule has 7 unspecified atom stereocenters. The number of aliphatic hydroxyl groups is 4. The summed E-state index contributed by atoms with van der Waals surface area (Å²) >= 11 is 0. The molecule has 4 saturated carbocycles. The van der Waals surface area contributed by atoms with Crippen molar-refractivity contribution in [3.05, 3.63) is 11.6 Å². The molecule has 15 atom stereocenters. The predicted octanol–water partition coefficient (Wildman–Crippen LogP) is 3.95. The van der Waals surface area contributed by atoms with Crippen molar-refractivity contribution in [2.45, 2.75) is 156 Å². The average molecular weight is 731 g/mol. The largest absolute Gasteiger partial charge is 0.479 e. The Morgan fingerprint density at radius 1 is 0.904 bits per heavy atom. The minimum atomic E-state index is -1.79. The summed E-state index contributed by atoms with van der Waals surface area (Å²) in [7, 11) is 0. The number of aliphatic hydroxyl groups excluding tert-OH is 4. The highest BCUT2D eigenvalue weighted by molar-refractivity contribution is 5.84. The number of allylic oxidation sites excluding steroid dienone is 2. The van der Waals surface area contributed by atoms with E-state index in [1.54, 1.807) is 0 Å². The van der Waals surface area contributed by atoms with E-state index in [2.05, 4.69) is 58.3 Å². The summed E-state index contributed by atoms with van der Waals surface area (Å²) in [5.74, 6) is -0.640. The van der Waals surface area contributed by atoms with Gasteiger partial charge in [0.25, 0.3) is 0 Å². The second kappa shape index (κ2) is 13.9. The van der Waals surface area contributed by atoms with E-state index in [4.69, 9.17) is 4.74 Å². The van der Waals surface area contributed by atoms with Gasteiger partial charge >= 0.3 is 5.97 Å². The third-order valence-electron chi connectivity index (χ3n) is 16.4. The molecule has 1 aliphatic heterocycles. The molecule has 11 nitrogen and oxygen atoms in total. The second-order valence-electron chi connectivity index (χ2n) is 19.4. The Hall–Kier alpha value is -2.05. The Bertz CT molecular complexity index is 1430. The van der Waals surface area contributed by atoms with Crippen LogP contribution in [-0.2, 0) is 19.1 Å². The molecule has 0 aromatic carbocycles. The molecule has 52 heavy (non-hydrogen) atoms. The highest BCUT2D eigenvalue weighted by Crippen LogP contribution is 2.75. The molecular formula is C41H66N2O9. The lowest BCUT2D eigenvalue weighted by atomic mass is 9.34. The molecule has 0 radical (unpaired) electrons. The number of fused-ring (bicyclic) bond motifs is 7. The fourth-order valence-electron chi connectivity index (χ4n) is 13.2. The Morgan fingerprint density at radius 2 is 1.58 bits per heavy atom. The highest BCUT2D eigenvalue weighted by Gasteiger charge is 2.68. The summed E-state index contributed by atoms with van der Waals surface area (Å²) in [6, 6.07) is 0. The van der Waals surface area contributed by atoms with Crippen LogP contribution in [-0.4, -0.2) is 93.0 Å². The molecular weight excluding hydrogens is 664 g/mol. The molecule has 11 heteroatoms. The number of hydrogen-bond acceptors (Lipinski definition) is 8. The highest BCUT2D eigenvalue weighted by atomic mass is 16.6. The third-order valence-corrected chi connectivity index (χ3v) is 16.4. The zero-order valence-corrected chi connectivity index (χ0v) is 32.5. The number of carbonyl (C=O) groups is 3. The van der Waals surface area contributed by atoms with E-state index >= 15 is 0 Å². The van der Waals surface area contributed by atoms with Crippen LogP contribution in [0, 0.1) is 56.7 Å². The van der Waals surface area contributed by atoms with Gasteiger partial charge in [0.15, 0.2) is 6.10 Å². The molecule has 0 aromatic heterocycles. The summed E-state index contributed by atoms with van der Waals surface area (Å²) < 4.78 is 5.60. The number of carbonyl (C=O) groups excluding carboxylic acids is 2. The first kappa shape index (κ1) is 39.6. The van der Waals surface area contributed by atoms with Crippen LogP contribution in [0.1, 0.15) is 119 Å². The molecule has 0 bridgehead atoms. The number of hydrogen-bond donors (Lipinski definition) is 7. The maximum absolute atomic E-state index is 14.3. The minimum Gasteiger partial charge on any atom is -0.479 e. The maximum atomic E-state index is 14.3. The van der Waals surface area contributed by atoms with Gasteiger partial charge in [0, 0.05) is 20.0 Å². The summed E-state index contributed by atoms with van der Waals surface area (Å²) in [4.78, 5) is 37.4. The molecule has 1 saturated heterocycles. The van der Waals surface area contributed by atoms with Crippen molar-refractivity contribution in [1.29, 1.82) is 0 Å². The quantitative estimate of drug-likeness (QED) is 0.144. The summed E-state index contributed by atoms with van der Waals surface area (Å²) in [5, 5.41) is 59.0. The van der Waals surface area contributed by atoms with Gasteiger partial charge in [-0.15, -0.1) is 0 Å². The first-order chi connectivity index (χ1) is 24.2. The number of aliphatic carboxylic acids is 1. The SMILES string of the molecule is CC(=O)NCCCNC(=O)[C@]12CCC(C)(C)CC1C1=CCC3[C@@]4(C)CC[C@H](C(O)[C@@H]5OC(C(=O)O)[C@@H](O)C(O)C5O)[C@H](C)C4CC[C@@]3(C)[C@]1(C)CC2. The maximum Gasteiger partial charge on any atom is 0.335 e. The molecule has 5 fully saturated rings. The first-order valence-electron chi connectivity index (χ1n) is 20.1. The number of nitrogens with one attached hydrogen (secondary N) is 2. The average Bonchev–Trinajstić information content (AvgIpc) is 3.06. The van der Waals surface area contributed by atoms with Crippen molar-refractivity contribution in [2.75, 3.05) is 13.1 Å². The predicted molar refractivity (Wildman–Crippen MR) is 195 cm³/mol. The number of amides is 2. The Balaban J connectivity index is 1.24. The van der Waals surface area contributed by atoms with E-state index in [0.717, 1.165) is 57.8 Å². The standard InChI is InChI=1S/C41H66N2O9/c1-22-24(29(45)33-31(47)30(46)32(48)34(52-33)35(49)50)11-13-38(5)25(22)12-14-40(7)28(38)10-9-26-27-21-37(3,4)15-17-41(27,18-16-39(26,40)6)36(51)43-20-8-19-42-23(2)44/h9,22,24-25,27-34,45-48H,8,10-21H2,1-7H3,(H,42,44)(H,43,51)(H,49,50)/t22-,24-,25?,27?,28?,29?,30?,31?,32-,33-,34?,38-,39+,40+,41-/m0/s1. The van der Waals surface area contributed by atoms with E-state index in [9.17, 15) is 39.9 Å². The van der Waals surface area contributed by atoms with Gasteiger partial charge in [0.05, 0.1) is 11.5 Å².